The molecule has 1 unspecified atom stereocenters. The summed E-state index contributed by atoms with van der Waals surface area (Å²) in [4.78, 5) is 14.1. The maximum atomic E-state index is 13.0. The first-order valence-electron chi connectivity index (χ1n) is 5.97. The maximum absolute atomic E-state index is 13.0. The highest BCUT2D eigenvalue weighted by Gasteiger charge is 2.23. The van der Waals surface area contributed by atoms with Crippen LogP contribution in [0.15, 0.2) is 24.3 Å². The van der Waals surface area contributed by atoms with Crippen molar-refractivity contribution in [2.24, 2.45) is 0 Å². The number of anilines is 1. The van der Waals surface area contributed by atoms with Gasteiger partial charge in [-0.05, 0) is 51.1 Å². The highest BCUT2D eigenvalue weighted by Crippen LogP contribution is 2.14. The summed E-state index contributed by atoms with van der Waals surface area (Å²) in [7, 11) is 0. The Morgan fingerprint density at radius 3 is 2.76 bits per heavy atom. The predicted octanol–water partition coefficient (Wildman–Crippen LogP) is 2.25. The van der Waals surface area contributed by atoms with E-state index in [1.165, 1.54) is 12.1 Å². The molecular weight excluding hydrogens is 219 g/mol. The number of benzene rings is 1. The van der Waals surface area contributed by atoms with Gasteiger partial charge in [0.05, 0.1) is 6.04 Å². The van der Waals surface area contributed by atoms with Gasteiger partial charge >= 0.3 is 0 Å². The lowest BCUT2D eigenvalue weighted by molar-refractivity contribution is -0.120. The van der Waals surface area contributed by atoms with Crippen LogP contribution in [0.4, 0.5) is 10.1 Å². The molecule has 92 valence electrons. The molecular formula is C13H17FN2O. The van der Waals surface area contributed by atoms with E-state index in [4.69, 9.17) is 0 Å². The number of hydrogen-bond acceptors (Lipinski definition) is 2. The van der Waals surface area contributed by atoms with Crippen LogP contribution in [0, 0.1) is 5.82 Å². The van der Waals surface area contributed by atoms with Crippen molar-refractivity contribution in [3.8, 4) is 0 Å². The quantitative estimate of drug-likeness (QED) is 0.873. The summed E-state index contributed by atoms with van der Waals surface area (Å²) in [6.45, 7) is 3.83. The number of likely N-dealkylation sites (tertiary alicyclic amines) is 1. The molecule has 1 saturated heterocycles. The van der Waals surface area contributed by atoms with Crippen molar-refractivity contribution in [1.29, 1.82) is 0 Å². The molecule has 1 heterocycles. The van der Waals surface area contributed by atoms with Gasteiger partial charge in [-0.2, -0.15) is 0 Å². The predicted molar refractivity (Wildman–Crippen MR) is 65.3 cm³/mol. The smallest absolute Gasteiger partial charge is 0.241 e. The van der Waals surface area contributed by atoms with Gasteiger partial charge in [-0.1, -0.05) is 6.07 Å². The fraction of sp³-hybridized carbons (Fsp3) is 0.462. The van der Waals surface area contributed by atoms with Crippen LogP contribution in [0.5, 0.6) is 0 Å². The van der Waals surface area contributed by atoms with Gasteiger partial charge in [-0.25, -0.2) is 4.39 Å². The summed E-state index contributed by atoms with van der Waals surface area (Å²) in [5.41, 5.74) is 0.515. The van der Waals surface area contributed by atoms with Crippen LogP contribution >= 0.6 is 0 Å². The summed E-state index contributed by atoms with van der Waals surface area (Å²) in [6.07, 6.45) is 2.30. The minimum atomic E-state index is -0.336. The Kier molecular flexibility index (Phi) is 3.74. The van der Waals surface area contributed by atoms with Crippen molar-refractivity contribution in [3.63, 3.8) is 0 Å². The Labute approximate surface area is 101 Å². The second-order valence-corrected chi connectivity index (χ2v) is 4.42. The third-order valence-electron chi connectivity index (χ3n) is 3.16. The number of amides is 1. The first kappa shape index (κ1) is 12.0. The normalized spacial score (nSPS) is 18.0. The molecule has 1 aliphatic heterocycles. The van der Waals surface area contributed by atoms with Crippen LogP contribution in [0.3, 0.4) is 0 Å². The van der Waals surface area contributed by atoms with E-state index in [0.29, 0.717) is 5.69 Å². The zero-order valence-electron chi connectivity index (χ0n) is 9.95. The Balaban J connectivity index is 1.96. The molecule has 1 fully saturated rings. The van der Waals surface area contributed by atoms with E-state index in [-0.39, 0.29) is 17.8 Å². The first-order valence-corrected chi connectivity index (χ1v) is 5.97. The molecule has 0 saturated carbocycles. The largest absolute Gasteiger partial charge is 0.325 e. The molecule has 4 heteroatoms. The van der Waals surface area contributed by atoms with E-state index >= 15 is 0 Å². The maximum Gasteiger partial charge on any atom is 0.241 e. The molecule has 0 spiro atoms. The van der Waals surface area contributed by atoms with Gasteiger partial charge in [0.1, 0.15) is 5.82 Å². The van der Waals surface area contributed by atoms with E-state index in [1.54, 1.807) is 12.1 Å². The van der Waals surface area contributed by atoms with Crippen molar-refractivity contribution in [2.45, 2.75) is 25.8 Å². The average molecular weight is 236 g/mol. The lowest BCUT2D eigenvalue weighted by atomic mass is 10.2. The monoisotopic (exact) mass is 236 g/mol. The van der Waals surface area contributed by atoms with Crippen LogP contribution < -0.4 is 5.32 Å². The van der Waals surface area contributed by atoms with Crippen LogP contribution in [0.2, 0.25) is 0 Å². The second-order valence-electron chi connectivity index (χ2n) is 4.42. The van der Waals surface area contributed by atoms with E-state index in [9.17, 15) is 9.18 Å². The van der Waals surface area contributed by atoms with Gasteiger partial charge < -0.3 is 5.32 Å². The zero-order chi connectivity index (χ0) is 12.3. The van der Waals surface area contributed by atoms with Gasteiger partial charge in [0, 0.05) is 5.69 Å². The molecule has 2 rings (SSSR count). The molecule has 1 aromatic rings. The first-order chi connectivity index (χ1) is 8.16. The molecule has 0 radical (unpaired) electrons. The number of carbonyl (C=O) groups excluding carboxylic acids is 1. The second kappa shape index (κ2) is 5.27. The molecule has 3 nitrogen and oxygen atoms in total. The average Bonchev–Trinajstić information content (AvgIpc) is 2.81. The minimum absolute atomic E-state index is 0.0718. The van der Waals surface area contributed by atoms with Crippen LogP contribution in [-0.2, 0) is 4.79 Å². The third kappa shape index (κ3) is 3.03. The number of nitrogens with one attached hydrogen (secondary N) is 1. The van der Waals surface area contributed by atoms with E-state index < -0.39 is 0 Å². The SMILES string of the molecule is CC(C(=O)Nc1cccc(F)c1)N1CCCC1. The van der Waals surface area contributed by atoms with Gasteiger partial charge in [0.25, 0.3) is 0 Å². The van der Waals surface area contributed by atoms with E-state index in [2.05, 4.69) is 10.2 Å². The molecule has 0 aromatic heterocycles. The molecule has 1 atom stereocenters. The molecule has 1 amide bonds. The van der Waals surface area contributed by atoms with Crippen molar-refractivity contribution in [3.05, 3.63) is 30.1 Å². The lowest BCUT2D eigenvalue weighted by Crippen LogP contribution is -2.40. The number of hydrogen-bond donors (Lipinski definition) is 1. The Morgan fingerprint density at radius 1 is 1.41 bits per heavy atom. The van der Waals surface area contributed by atoms with Crippen LogP contribution in [-0.4, -0.2) is 29.9 Å². The minimum Gasteiger partial charge on any atom is -0.325 e. The Bertz CT molecular complexity index is 402. The van der Waals surface area contributed by atoms with Gasteiger partial charge in [0.2, 0.25) is 5.91 Å². The zero-order valence-corrected chi connectivity index (χ0v) is 9.95. The molecule has 1 N–H and O–H groups in total. The van der Waals surface area contributed by atoms with Gasteiger partial charge in [-0.3, -0.25) is 9.69 Å². The van der Waals surface area contributed by atoms with E-state index in [0.717, 1.165) is 25.9 Å². The number of nitrogens with zero attached hydrogens (tertiary/aromatic N) is 1. The summed E-state index contributed by atoms with van der Waals surface area (Å²) in [5.74, 6) is -0.408. The summed E-state index contributed by atoms with van der Waals surface area (Å²) in [5, 5.41) is 2.74. The number of carbonyl (C=O) groups is 1. The molecule has 0 bridgehead atoms. The van der Waals surface area contributed by atoms with Crippen molar-refractivity contribution >= 4 is 11.6 Å². The van der Waals surface area contributed by atoms with Crippen molar-refractivity contribution < 1.29 is 9.18 Å². The van der Waals surface area contributed by atoms with E-state index in [1.807, 2.05) is 6.92 Å². The molecule has 17 heavy (non-hydrogen) atoms. The summed E-state index contributed by atoms with van der Waals surface area (Å²) < 4.78 is 13.0. The number of rotatable bonds is 3. The summed E-state index contributed by atoms with van der Waals surface area (Å²) >= 11 is 0. The fourth-order valence-corrected chi connectivity index (χ4v) is 2.11. The van der Waals surface area contributed by atoms with Crippen molar-refractivity contribution in [2.75, 3.05) is 18.4 Å². The molecule has 1 aliphatic rings. The number of halogens is 1. The Morgan fingerprint density at radius 2 is 2.12 bits per heavy atom. The summed E-state index contributed by atoms with van der Waals surface area (Å²) in [6, 6.07) is 5.82. The molecule has 0 aliphatic carbocycles. The van der Waals surface area contributed by atoms with Crippen molar-refractivity contribution in [1.82, 2.24) is 4.90 Å². The van der Waals surface area contributed by atoms with Gasteiger partial charge in [-0.15, -0.1) is 0 Å². The topological polar surface area (TPSA) is 32.3 Å². The highest BCUT2D eigenvalue weighted by atomic mass is 19.1. The van der Waals surface area contributed by atoms with Crippen LogP contribution in [0.25, 0.3) is 0 Å². The molecule has 1 aromatic carbocycles. The lowest BCUT2D eigenvalue weighted by Gasteiger charge is -2.22. The fourth-order valence-electron chi connectivity index (χ4n) is 2.11. The van der Waals surface area contributed by atoms with Gasteiger partial charge in [0.15, 0.2) is 0 Å². The standard InChI is InChI=1S/C13H17FN2O/c1-10(16-7-2-3-8-16)13(17)15-12-6-4-5-11(14)9-12/h4-6,9-10H,2-3,7-8H2,1H3,(H,15,17). The third-order valence-corrected chi connectivity index (χ3v) is 3.16. The highest BCUT2D eigenvalue weighted by molar-refractivity contribution is 5.94. The Hall–Kier alpha value is -1.42. The van der Waals surface area contributed by atoms with Crippen LogP contribution in [0.1, 0.15) is 19.8 Å².